The summed E-state index contributed by atoms with van der Waals surface area (Å²) in [6.07, 6.45) is 8.56. The van der Waals surface area contributed by atoms with Gasteiger partial charge in [-0.2, -0.15) is 9.97 Å². The van der Waals surface area contributed by atoms with Gasteiger partial charge in [0.2, 0.25) is 5.95 Å². The van der Waals surface area contributed by atoms with E-state index in [9.17, 15) is 0 Å². The molecule has 2 aromatic rings. The lowest BCUT2D eigenvalue weighted by atomic mass is 10.00. The fraction of sp³-hybridized carbons (Fsp3) is 0.560. The molecular formula is C25H34N6OS. The summed E-state index contributed by atoms with van der Waals surface area (Å²) in [7, 11) is 0. The van der Waals surface area contributed by atoms with E-state index in [2.05, 4.69) is 50.8 Å². The molecule has 3 aliphatic rings. The highest BCUT2D eigenvalue weighted by Gasteiger charge is 2.22. The van der Waals surface area contributed by atoms with Gasteiger partial charge in [-0.25, -0.2) is 0 Å². The maximum absolute atomic E-state index is 5.66. The molecule has 0 unspecified atom stereocenters. The molecule has 2 fully saturated rings. The van der Waals surface area contributed by atoms with Crippen LogP contribution in [0, 0.1) is 0 Å². The summed E-state index contributed by atoms with van der Waals surface area (Å²) in [6, 6.07) is 11.2. The van der Waals surface area contributed by atoms with Crippen LogP contribution in [0.1, 0.15) is 49.7 Å². The Morgan fingerprint density at radius 1 is 0.909 bits per heavy atom. The molecule has 0 bridgehead atoms. The summed E-state index contributed by atoms with van der Waals surface area (Å²) in [5.41, 5.74) is 2.80. The number of nitrogens with zero attached hydrogens (tertiary/aromatic N) is 4. The topological polar surface area (TPSA) is 65.5 Å². The third-order valence-corrected chi connectivity index (χ3v) is 7.12. The fourth-order valence-electron chi connectivity index (χ4n) is 5.03. The lowest BCUT2D eigenvalue weighted by Crippen LogP contribution is -2.39. The van der Waals surface area contributed by atoms with Crippen LogP contribution < -0.4 is 20.4 Å². The standard InChI is InChI=1S/C25H34N6OS/c33-25(26-21-9-3-1-2-4-10-21)29-24-27-22(30-13-15-32-16-14-30)17-23(28-24)31-12-11-19-7-5-6-8-20(19)18-31/h5-8,17,21H,1-4,9-16,18H2,(H2,26,27,28,29,33). The molecule has 2 aliphatic heterocycles. The number of ether oxygens (including phenoxy) is 1. The first-order chi connectivity index (χ1) is 16.2. The van der Waals surface area contributed by atoms with E-state index >= 15 is 0 Å². The molecule has 1 saturated carbocycles. The summed E-state index contributed by atoms with van der Waals surface area (Å²) in [5, 5.41) is 7.43. The molecular weight excluding hydrogens is 432 g/mol. The van der Waals surface area contributed by atoms with Crippen LogP contribution in [-0.4, -0.2) is 54.0 Å². The van der Waals surface area contributed by atoms with Crippen molar-refractivity contribution >= 4 is 34.9 Å². The van der Waals surface area contributed by atoms with E-state index in [-0.39, 0.29) is 0 Å². The van der Waals surface area contributed by atoms with E-state index < -0.39 is 0 Å². The van der Waals surface area contributed by atoms with Crippen molar-refractivity contribution in [1.29, 1.82) is 0 Å². The molecule has 176 valence electrons. The van der Waals surface area contributed by atoms with Gasteiger partial charge in [-0.3, -0.25) is 0 Å². The summed E-state index contributed by atoms with van der Waals surface area (Å²) in [6.45, 7) is 4.93. The number of morpholine rings is 1. The Morgan fingerprint density at radius 3 is 2.36 bits per heavy atom. The molecule has 0 spiro atoms. The second kappa shape index (κ2) is 10.7. The van der Waals surface area contributed by atoms with Crippen LogP contribution in [0.5, 0.6) is 0 Å². The second-order valence-electron chi connectivity index (χ2n) is 9.23. The van der Waals surface area contributed by atoms with E-state index in [0.717, 1.165) is 57.4 Å². The van der Waals surface area contributed by atoms with Crippen molar-refractivity contribution in [3.8, 4) is 0 Å². The molecule has 1 aromatic carbocycles. The normalized spacial score (nSPS) is 19.5. The highest BCUT2D eigenvalue weighted by molar-refractivity contribution is 7.80. The minimum atomic E-state index is 0.438. The fourth-order valence-corrected chi connectivity index (χ4v) is 5.29. The van der Waals surface area contributed by atoms with Crippen molar-refractivity contribution in [3.05, 3.63) is 41.5 Å². The van der Waals surface area contributed by atoms with E-state index in [4.69, 9.17) is 26.9 Å². The Balaban J connectivity index is 1.35. The molecule has 7 nitrogen and oxygen atoms in total. The number of thiocarbonyl (C=S) groups is 1. The summed E-state index contributed by atoms with van der Waals surface area (Å²) >= 11 is 5.66. The number of hydrogen-bond acceptors (Lipinski definition) is 6. The third-order valence-electron chi connectivity index (χ3n) is 6.90. The van der Waals surface area contributed by atoms with Gasteiger partial charge in [0.05, 0.1) is 13.2 Å². The Morgan fingerprint density at radius 2 is 1.61 bits per heavy atom. The first-order valence-corrected chi connectivity index (χ1v) is 12.8. The molecule has 3 heterocycles. The molecule has 0 radical (unpaired) electrons. The van der Waals surface area contributed by atoms with E-state index in [0.29, 0.717) is 17.1 Å². The lowest BCUT2D eigenvalue weighted by Gasteiger charge is -2.32. The zero-order valence-electron chi connectivity index (χ0n) is 19.3. The second-order valence-corrected chi connectivity index (χ2v) is 9.64. The average molecular weight is 467 g/mol. The molecule has 0 amide bonds. The van der Waals surface area contributed by atoms with Crippen LogP contribution in [0.2, 0.25) is 0 Å². The zero-order valence-corrected chi connectivity index (χ0v) is 20.1. The van der Waals surface area contributed by atoms with Crippen molar-refractivity contribution in [1.82, 2.24) is 15.3 Å². The van der Waals surface area contributed by atoms with Crippen LogP contribution in [0.3, 0.4) is 0 Å². The number of rotatable bonds is 4. The number of nitrogens with one attached hydrogen (secondary N) is 2. The van der Waals surface area contributed by atoms with Crippen LogP contribution in [0.25, 0.3) is 0 Å². The molecule has 1 saturated heterocycles. The zero-order chi connectivity index (χ0) is 22.5. The molecule has 0 atom stereocenters. The lowest BCUT2D eigenvalue weighted by molar-refractivity contribution is 0.122. The van der Waals surface area contributed by atoms with Crippen LogP contribution in [-0.2, 0) is 17.7 Å². The predicted molar refractivity (Wildman–Crippen MR) is 137 cm³/mol. The van der Waals surface area contributed by atoms with Gasteiger partial charge in [0, 0.05) is 38.3 Å². The van der Waals surface area contributed by atoms with Crippen molar-refractivity contribution in [2.24, 2.45) is 0 Å². The van der Waals surface area contributed by atoms with Crippen molar-refractivity contribution in [2.75, 3.05) is 48.0 Å². The predicted octanol–water partition coefficient (Wildman–Crippen LogP) is 3.89. The number of benzene rings is 1. The molecule has 2 N–H and O–H groups in total. The molecule has 5 rings (SSSR count). The minimum Gasteiger partial charge on any atom is -0.378 e. The SMILES string of the molecule is S=C(Nc1nc(N2CCOCC2)cc(N2CCc3ccccc3C2)n1)NC1CCCCCC1. The highest BCUT2D eigenvalue weighted by Crippen LogP contribution is 2.27. The van der Waals surface area contributed by atoms with Gasteiger partial charge >= 0.3 is 0 Å². The van der Waals surface area contributed by atoms with Crippen molar-refractivity contribution < 1.29 is 4.74 Å². The van der Waals surface area contributed by atoms with Gasteiger partial charge in [-0.15, -0.1) is 0 Å². The van der Waals surface area contributed by atoms with Crippen LogP contribution in [0.4, 0.5) is 17.6 Å². The van der Waals surface area contributed by atoms with E-state index in [1.54, 1.807) is 0 Å². The molecule has 33 heavy (non-hydrogen) atoms. The molecule has 1 aliphatic carbocycles. The van der Waals surface area contributed by atoms with Crippen LogP contribution >= 0.6 is 12.2 Å². The summed E-state index contributed by atoms with van der Waals surface area (Å²) in [5.74, 6) is 2.45. The summed E-state index contributed by atoms with van der Waals surface area (Å²) in [4.78, 5) is 14.4. The smallest absolute Gasteiger partial charge is 0.232 e. The monoisotopic (exact) mass is 466 g/mol. The highest BCUT2D eigenvalue weighted by atomic mass is 32.1. The van der Waals surface area contributed by atoms with Gasteiger partial charge in [-0.05, 0) is 42.6 Å². The van der Waals surface area contributed by atoms with Gasteiger partial charge in [-0.1, -0.05) is 49.9 Å². The first kappa shape index (κ1) is 22.3. The Kier molecular flexibility index (Phi) is 7.21. The van der Waals surface area contributed by atoms with Crippen LogP contribution in [0.15, 0.2) is 30.3 Å². The van der Waals surface area contributed by atoms with Gasteiger partial charge in [0.1, 0.15) is 11.6 Å². The maximum atomic E-state index is 5.66. The van der Waals surface area contributed by atoms with Crippen molar-refractivity contribution in [2.45, 2.75) is 57.5 Å². The first-order valence-electron chi connectivity index (χ1n) is 12.4. The Labute approximate surface area is 201 Å². The van der Waals surface area contributed by atoms with Crippen molar-refractivity contribution in [3.63, 3.8) is 0 Å². The molecule has 1 aromatic heterocycles. The minimum absolute atomic E-state index is 0.438. The third kappa shape index (κ3) is 5.73. The number of anilines is 3. The molecule has 8 heteroatoms. The number of hydrogen-bond donors (Lipinski definition) is 2. The summed E-state index contributed by atoms with van der Waals surface area (Å²) < 4.78 is 5.55. The average Bonchev–Trinajstić information content (AvgIpc) is 3.12. The quantitative estimate of drug-likeness (QED) is 0.520. The van der Waals surface area contributed by atoms with Gasteiger partial charge in [0.25, 0.3) is 0 Å². The Bertz CT molecular complexity index is 956. The number of aromatic nitrogens is 2. The largest absolute Gasteiger partial charge is 0.378 e. The number of fused-ring (bicyclic) bond motifs is 1. The Hall–Kier alpha value is -2.45. The maximum Gasteiger partial charge on any atom is 0.232 e. The van der Waals surface area contributed by atoms with Gasteiger partial charge in [0.15, 0.2) is 5.11 Å². The van der Waals surface area contributed by atoms with Gasteiger partial charge < -0.3 is 25.2 Å². The van der Waals surface area contributed by atoms with E-state index in [1.165, 1.54) is 49.7 Å². The van der Waals surface area contributed by atoms with E-state index in [1.807, 2.05) is 0 Å².